The maximum absolute atomic E-state index is 11.5. The van der Waals surface area contributed by atoms with E-state index in [1.54, 1.807) is 13.4 Å². The Morgan fingerprint density at radius 1 is 1.28 bits per heavy atom. The van der Waals surface area contributed by atoms with Crippen molar-refractivity contribution in [2.45, 2.75) is 31.7 Å². The molecule has 3 aromatic rings. The molecule has 29 heavy (non-hydrogen) atoms. The third-order valence-electron chi connectivity index (χ3n) is 5.59. The summed E-state index contributed by atoms with van der Waals surface area (Å²) in [5.41, 5.74) is 11.6. The van der Waals surface area contributed by atoms with Crippen LogP contribution in [0.2, 0.25) is 0 Å². The number of hydrogen-bond donors (Lipinski definition) is 2. The van der Waals surface area contributed by atoms with Gasteiger partial charge in [-0.05, 0) is 72.7 Å². The molecule has 152 valence electrons. The standard InChI is InChI=1S/C23H27N3O2S/c1-28-17-10-8-15-9-11-22(18(15)14-17)26-23-16(5-4-12-29(2)27)13-19-20(24)6-3-7-21(19)25-23/h3,6-8,10,13-14,22H,4-5,9,11-12,24H2,1-2H3,(H,25,26). The van der Waals surface area contributed by atoms with Crippen molar-refractivity contribution < 1.29 is 8.95 Å². The lowest BCUT2D eigenvalue weighted by atomic mass is 10.0. The number of anilines is 2. The van der Waals surface area contributed by atoms with Crippen molar-refractivity contribution in [3.05, 3.63) is 59.2 Å². The second-order valence-corrected chi connectivity index (χ2v) is 9.15. The van der Waals surface area contributed by atoms with E-state index in [1.807, 2.05) is 24.3 Å². The molecule has 0 fully saturated rings. The summed E-state index contributed by atoms with van der Waals surface area (Å²) < 4.78 is 16.9. The summed E-state index contributed by atoms with van der Waals surface area (Å²) in [7, 11) is 0.904. The number of fused-ring (bicyclic) bond motifs is 2. The molecule has 1 aliphatic carbocycles. The lowest BCUT2D eigenvalue weighted by Gasteiger charge is -2.19. The predicted octanol–water partition coefficient (Wildman–Crippen LogP) is 4.24. The van der Waals surface area contributed by atoms with Crippen molar-refractivity contribution >= 4 is 33.2 Å². The summed E-state index contributed by atoms with van der Waals surface area (Å²) in [4.78, 5) is 4.91. The fourth-order valence-corrected chi connectivity index (χ4v) is 4.61. The van der Waals surface area contributed by atoms with Crippen LogP contribution in [0, 0.1) is 0 Å². The predicted molar refractivity (Wildman–Crippen MR) is 121 cm³/mol. The zero-order valence-electron chi connectivity index (χ0n) is 16.9. The highest BCUT2D eigenvalue weighted by Gasteiger charge is 2.24. The van der Waals surface area contributed by atoms with Gasteiger partial charge in [0, 0.05) is 33.9 Å². The fourth-order valence-electron chi connectivity index (χ4n) is 4.06. The van der Waals surface area contributed by atoms with E-state index >= 15 is 0 Å². The first-order valence-electron chi connectivity index (χ1n) is 9.96. The molecule has 0 amide bonds. The number of pyridine rings is 1. The molecule has 6 heteroatoms. The van der Waals surface area contributed by atoms with Crippen molar-refractivity contribution in [3.63, 3.8) is 0 Å². The highest BCUT2D eigenvalue weighted by molar-refractivity contribution is 7.84. The Morgan fingerprint density at radius 3 is 2.93 bits per heavy atom. The average Bonchev–Trinajstić information content (AvgIpc) is 3.10. The third kappa shape index (κ3) is 4.22. The van der Waals surface area contributed by atoms with E-state index in [1.165, 1.54) is 11.1 Å². The molecule has 2 unspecified atom stereocenters. The minimum atomic E-state index is -0.794. The lowest BCUT2D eigenvalue weighted by Crippen LogP contribution is -2.11. The third-order valence-corrected chi connectivity index (χ3v) is 6.46. The first-order valence-corrected chi connectivity index (χ1v) is 11.7. The van der Waals surface area contributed by atoms with Crippen LogP contribution in [0.1, 0.15) is 35.6 Å². The molecular formula is C23H27N3O2S. The highest BCUT2D eigenvalue weighted by atomic mass is 32.2. The van der Waals surface area contributed by atoms with Gasteiger partial charge in [0.25, 0.3) is 0 Å². The van der Waals surface area contributed by atoms with Crippen LogP contribution in [-0.2, 0) is 23.6 Å². The second kappa shape index (κ2) is 8.41. The Morgan fingerprint density at radius 2 is 2.14 bits per heavy atom. The van der Waals surface area contributed by atoms with Gasteiger partial charge >= 0.3 is 0 Å². The maximum Gasteiger partial charge on any atom is 0.130 e. The molecule has 5 nitrogen and oxygen atoms in total. The van der Waals surface area contributed by atoms with Gasteiger partial charge in [-0.15, -0.1) is 0 Å². The van der Waals surface area contributed by atoms with Gasteiger partial charge in [0.15, 0.2) is 0 Å². The smallest absolute Gasteiger partial charge is 0.130 e. The Bertz CT molecular complexity index is 1070. The van der Waals surface area contributed by atoms with Crippen LogP contribution in [0.5, 0.6) is 5.75 Å². The number of benzene rings is 2. The van der Waals surface area contributed by atoms with E-state index < -0.39 is 10.8 Å². The minimum Gasteiger partial charge on any atom is -0.497 e. The molecule has 0 saturated heterocycles. The SMILES string of the molecule is COc1ccc2c(c1)C(Nc1nc3cccc(N)c3cc1CCCS(C)=O)CC2. The number of ether oxygens (including phenoxy) is 1. The van der Waals surface area contributed by atoms with Gasteiger partial charge in [-0.25, -0.2) is 4.98 Å². The van der Waals surface area contributed by atoms with Crippen LogP contribution in [0.25, 0.3) is 10.9 Å². The van der Waals surface area contributed by atoms with Crippen LogP contribution in [0.3, 0.4) is 0 Å². The van der Waals surface area contributed by atoms with Crippen molar-refractivity contribution in [2.75, 3.05) is 30.2 Å². The van der Waals surface area contributed by atoms with Crippen LogP contribution >= 0.6 is 0 Å². The highest BCUT2D eigenvalue weighted by Crippen LogP contribution is 2.37. The Kier molecular flexibility index (Phi) is 5.72. The Hall–Kier alpha value is -2.60. The van der Waals surface area contributed by atoms with E-state index in [-0.39, 0.29) is 6.04 Å². The summed E-state index contributed by atoms with van der Waals surface area (Å²) in [5, 5.41) is 4.65. The molecule has 1 aromatic heterocycles. The number of rotatable bonds is 7. The van der Waals surface area contributed by atoms with Gasteiger partial charge in [0.2, 0.25) is 0 Å². The molecule has 0 radical (unpaired) electrons. The van der Waals surface area contributed by atoms with E-state index in [4.69, 9.17) is 15.5 Å². The topological polar surface area (TPSA) is 77.2 Å². The number of nitrogen functional groups attached to an aromatic ring is 1. The first-order chi connectivity index (χ1) is 14.0. The van der Waals surface area contributed by atoms with Crippen LogP contribution < -0.4 is 15.8 Å². The zero-order chi connectivity index (χ0) is 20.4. The molecule has 1 aliphatic rings. The largest absolute Gasteiger partial charge is 0.497 e. The summed E-state index contributed by atoms with van der Waals surface area (Å²) in [6.07, 6.45) is 5.49. The number of aromatic nitrogens is 1. The van der Waals surface area contributed by atoms with Gasteiger partial charge < -0.3 is 15.8 Å². The van der Waals surface area contributed by atoms with Crippen molar-refractivity contribution in [1.29, 1.82) is 0 Å². The molecule has 2 aromatic carbocycles. The molecule has 0 bridgehead atoms. The van der Waals surface area contributed by atoms with E-state index in [9.17, 15) is 4.21 Å². The number of hydrogen-bond acceptors (Lipinski definition) is 5. The molecule has 2 atom stereocenters. The van der Waals surface area contributed by atoms with Crippen molar-refractivity contribution in [1.82, 2.24) is 4.98 Å². The number of methoxy groups -OCH3 is 1. The molecule has 4 rings (SSSR count). The molecular weight excluding hydrogens is 382 g/mol. The molecule has 1 heterocycles. The summed E-state index contributed by atoms with van der Waals surface area (Å²) >= 11 is 0. The monoisotopic (exact) mass is 409 g/mol. The molecule has 0 aliphatic heterocycles. The normalized spacial score (nSPS) is 16.6. The van der Waals surface area contributed by atoms with E-state index in [0.29, 0.717) is 5.75 Å². The number of nitrogens with zero attached hydrogens (tertiary/aromatic N) is 1. The quantitative estimate of drug-likeness (QED) is 0.571. The van der Waals surface area contributed by atoms with Gasteiger partial charge in [0.05, 0.1) is 18.7 Å². The molecule has 0 saturated carbocycles. The average molecular weight is 410 g/mol. The molecule has 3 N–H and O–H groups in total. The summed E-state index contributed by atoms with van der Waals surface area (Å²) in [6, 6.07) is 14.5. The fraction of sp³-hybridized carbons (Fsp3) is 0.348. The Labute approximate surface area is 174 Å². The van der Waals surface area contributed by atoms with Gasteiger partial charge in [0.1, 0.15) is 11.6 Å². The van der Waals surface area contributed by atoms with Crippen molar-refractivity contribution in [2.24, 2.45) is 0 Å². The van der Waals surface area contributed by atoms with Gasteiger partial charge in [-0.3, -0.25) is 4.21 Å². The van der Waals surface area contributed by atoms with Crippen LogP contribution in [0.4, 0.5) is 11.5 Å². The van der Waals surface area contributed by atoms with E-state index in [0.717, 1.165) is 59.4 Å². The minimum absolute atomic E-state index is 0.199. The van der Waals surface area contributed by atoms with Crippen molar-refractivity contribution in [3.8, 4) is 5.75 Å². The van der Waals surface area contributed by atoms with Crippen LogP contribution in [-0.4, -0.2) is 28.3 Å². The maximum atomic E-state index is 11.5. The zero-order valence-corrected chi connectivity index (χ0v) is 17.7. The van der Waals surface area contributed by atoms with Gasteiger partial charge in [-0.1, -0.05) is 12.1 Å². The molecule has 0 spiro atoms. The number of nitrogens with two attached hydrogens (primary N) is 1. The first kappa shape index (κ1) is 19.7. The van der Waals surface area contributed by atoms with E-state index in [2.05, 4.69) is 23.5 Å². The second-order valence-electron chi connectivity index (χ2n) is 7.59. The lowest BCUT2D eigenvalue weighted by molar-refractivity contribution is 0.414. The summed E-state index contributed by atoms with van der Waals surface area (Å²) in [6.45, 7) is 0. The van der Waals surface area contributed by atoms with Gasteiger partial charge in [-0.2, -0.15) is 0 Å². The summed E-state index contributed by atoms with van der Waals surface area (Å²) in [5.74, 6) is 2.46. The van der Waals surface area contributed by atoms with Crippen LogP contribution in [0.15, 0.2) is 42.5 Å². The number of aryl methyl sites for hydroxylation is 2. The number of nitrogens with one attached hydrogen (secondary N) is 1. The Balaban J connectivity index is 1.68.